The van der Waals surface area contributed by atoms with Crippen LogP contribution in [0, 0.1) is 17.3 Å². The molecule has 5 rings (SSSR count). The van der Waals surface area contributed by atoms with Gasteiger partial charge in [0, 0.05) is 11.1 Å². The second kappa shape index (κ2) is 10.0. The van der Waals surface area contributed by atoms with Crippen LogP contribution in [0.15, 0.2) is 35.6 Å². The number of aliphatic imine (C=N–C) groups is 1. The van der Waals surface area contributed by atoms with Crippen molar-refractivity contribution in [1.82, 2.24) is 14.9 Å². The normalized spacial score (nSPS) is 20.4. The molecule has 1 aromatic heterocycles. The molecule has 3 aliphatic rings. The fourth-order valence-corrected chi connectivity index (χ4v) is 4.91. The summed E-state index contributed by atoms with van der Waals surface area (Å²) in [6.45, 7) is 13.1. The summed E-state index contributed by atoms with van der Waals surface area (Å²) in [5, 5.41) is 0. The van der Waals surface area contributed by atoms with Crippen LogP contribution in [-0.2, 0) is 24.5 Å². The quantitative estimate of drug-likeness (QED) is 0.456. The van der Waals surface area contributed by atoms with Crippen molar-refractivity contribution in [1.29, 1.82) is 0 Å². The summed E-state index contributed by atoms with van der Waals surface area (Å²) in [6, 6.07) is 7.31. The molecule has 11 heteroatoms. The van der Waals surface area contributed by atoms with Crippen LogP contribution in [0.4, 0.5) is 9.59 Å². The van der Waals surface area contributed by atoms with Gasteiger partial charge in [-0.05, 0) is 78.7 Å². The zero-order valence-electron chi connectivity index (χ0n) is 24.4. The summed E-state index contributed by atoms with van der Waals surface area (Å²) in [7, 11) is 0. The number of nitrogens with zero attached hydrogens (tertiary/aromatic N) is 4. The Labute approximate surface area is 239 Å². The number of rotatable bonds is 1. The van der Waals surface area contributed by atoms with Gasteiger partial charge in [0.25, 0.3) is 0 Å². The summed E-state index contributed by atoms with van der Waals surface area (Å²) in [5.41, 5.74) is -0.567. The maximum atomic E-state index is 13.3. The molecular formula is C30H34N4O7. The first-order chi connectivity index (χ1) is 19.3. The Morgan fingerprint density at radius 1 is 0.927 bits per heavy atom. The molecule has 2 aromatic rings. The van der Waals surface area contributed by atoms with Crippen LogP contribution in [0.25, 0.3) is 11.3 Å². The number of imide groups is 1. The van der Waals surface area contributed by atoms with Gasteiger partial charge in [0.05, 0.1) is 24.3 Å². The lowest BCUT2D eigenvalue weighted by molar-refractivity contribution is -0.185. The summed E-state index contributed by atoms with van der Waals surface area (Å²) < 4.78 is 29.0. The number of fused-ring (bicyclic) bond motifs is 3. The Kier molecular flexibility index (Phi) is 6.94. The van der Waals surface area contributed by atoms with Crippen molar-refractivity contribution in [2.45, 2.75) is 65.2 Å². The number of hydrogen-bond acceptors (Lipinski definition) is 10. The molecule has 2 spiro atoms. The van der Waals surface area contributed by atoms with Gasteiger partial charge in [0.2, 0.25) is 0 Å². The summed E-state index contributed by atoms with van der Waals surface area (Å²) in [6.07, 6.45) is -0.433. The molecule has 4 heterocycles. The number of amides is 2. The van der Waals surface area contributed by atoms with Crippen LogP contribution in [0.3, 0.4) is 0 Å². The third-order valence-corrected chi connectivity index (χ3v) is 6.82. The summed E-state index contributed by atoms with van der Waals surface area (Å²) in [5.74, 6) is 6.42. The van der Waals surface area contributed by atoms with Crippen LogP contribution < -0.4 is 4.74 Å². The SMILES string of the molecule is CC#Cc1cc(-c2ccc3c(c2)C2(COC(N(C(=O)OC(C)(C)C)C(=O)OC(C)(C)C)=N2)C2(COC2)CO3)ncn1. The van der Waals surface area contributed by atoms with E-state index in [1.807, 2.05) is 24.3 Å². The fourth-order valence-electron chi connectivity index (χ4n) is 4.91. The fraction of sp³-hybridized carbons (Fsp3) is 0.500. The zero-order chi connectivity index (χ0) is 29.6. The first-order valence-corrected chi connectivity index (χ1v) is 13.3. The average molecular weight is 563 g/mol. The number of hydrogen-bond donors (Lipinski definition) is 0. The molecule has 0 saturated carbocycles. The van der Waals surface area contributed by atoms with E-state index in [4.69, 9.17) is 28.7 Å². The molecule has 0 radical (unpaired) electrons. The largest absolute Gasteiger partial charge is 0.492 e. The predicted molar refractivity (Wildman–Crippen MR) is 148 cm³/mol. The maximum Gasteiger partial charge on any atom is 0.428 e. The minimum Gasteiger partial charge on any atom is -0.492 e. The summed E-state index contributed by atoms with van der Waals surface area (Å²) in [4.78, 5) is 41.0. The standard InChI is InChI=1S/C30H34N4O7/c1-8-9-20-13-22(32-18-31-20)19-10-11-23-21(12-19)30(29(16-38-23)14-37-15-29)17-39-24(33-30)34(25(35)40-27(2,3)4)26(36)41-28(5,6)7/h10-13,18H,14-17H2,1-7H3. The molecular weight excluding hydrogens is 528 g/mol. The van der Waals surface area contributed by atoms with Crippen molar-refractivity contribution in [2.75, 3.05) is 26.4 Å². The monoisotopic (exact) mass is 562 g/mol. The molecule has 0 bridgehead atoms. The minimum atomic E-state index is -1.02. The van der Waals surface area contributed by atoms with Gasteiger partial charge in [-0.2, -0.15) is 0 Å². The van der Waals surface area contributed by atoms with Gasteiger partial charge in [-0.15, -0.1) is 4.90 Å². The highest BCUT2D eigenvalue weighted by Gasteiger charge is 2.65. The van der Waals surface area contributed by atoms with E-state index < -0.39 is 34.3 Å². The highest BCUT2D eigenvalue weighted by atomic mass is 16.6. The zero-order valence-corrected chi connectivity index (χ0v) is 24.4. The Morgan fingerprint density at radius 2 is 1.61 bits per heavy atom. The predicted octanol–water partition coefficient (Wildman–Crippen LogP) is 4.68. The van der Waals surface area contributed by atoms with Gasteiger partial charge in [-0.3, -0.25) is 0 Å². The van der Waals surface area contributed by atoms with E-state index in [1.54, 1.807) is 48.5 Å². The van der Waals surface area contributed by atoms with Gasteiger partial charge in [-0.25, -0.2) is 24.5 Å². The van der Waals surface area contributed by atoms with Gasteiger partial charge in [0.15, 0.2) is 0 Å². The first-order valence-electron chi connectivity index (χ1n) is 13.3. The Balaban J connectivity index is 1.62. The smallest absolute Gasteiger partial charge is 0.428 e. The molecule has 3 aliphatic heterocycles. The van der Waals surface area contributed by atoms with E-state index in [1.165, 1.54) is 6.33 Å². The number of benzene rings is 1. The topological polar surface area (TPSA) is 122 Å². The minimum absolute atomic E-state index is 0.0456. The van der Waals surface area contributed by atoms with Crippen LogP contribution in [0.5, 0.6) is 5.75 Å². The van der Waals surface area contributed by atoms with Crippen LogP contribution in [0.1, 0.15) is 59.7 Å². The van der Waals surface area contributed by atoms with E-state index in [0.717, 1.165) is 16.0 Å². The van der Waals surface area contributed by atoms with Crippen molar-refractivity contribution in [3.63, 3.8) is 0 Å². The Morgan fingerprint density at radius 3 is 2.20 bits per heavy atom. The molecule has 1 unspecified atom stereocenters. The van der Waals surface area contributed by atoms with Gasteiger partial charge in [-0.1, -0.05) is 5.92 Å². The van der Waals surface area contributed by atoms with Crippen molar-refractivity contribution >= 4 is 18.2 Å². The average Bonchev–Trinajstić information content (AvgIpc) is 3.26. The maximum absolute atomic E-state index is 13.3. The first kappa shape index (κ1) is 28.4. The lowest BCUT2D eigenvalue weighted by Crippen LogP contribution is -2.63. The third kappa shape index (κ3) is 5.32. The number of carbonyl (C=O) groups excluding carboxylic acids is 2. The van der Waals surface area contributed by atoms with Crippen molar-refractivity contribution < 1.29 is 33.3 Å². The molecule has 2 amide bonds. The molecule has 0 aliphatic carbocycles. The lowest BCUT2D eigenvalue weighted by atomic mass is 9.64. The van der Waals surface area contributed by atoms with Gasteiger partial charge < -0.3 is 23.7 Å². The molecule has 41 heavy (non-hydrogen) atoms. The van der Waals surface area contributed by atoms with Gasteiger partial charge >= 0.3 is 18.2 Å². The highest BCUT2D eigenvalue weighted by molar-refractivity contribution is 6.06. The van der Waals surface area contributed by atoms with Crippen LogP contribution in [0.2, 0.25) is 0 Å². The second-order valence-corrected chi connectivity index (χ2v) is 12.3. The van der Waals surface area contributed by atoms with Gasteiger partial charge in [0.1, 0.15) is 47.7 Å². The van der Waals surface area contributed by atoms with Crippen molar-refractivity contribution in [3.8, 4) is 28.8 Å². The number of amidine groups is 1. The Bertz CT molecular complexity index is 1450. The van der Waals surface area contributed by atoms with Crippen LogP contribution >= 0.6 is 0 Å². The van der Waals surface area contributed by atoms with E-state index in [9.17, 15) is 9.59 Å². The molecule has 11 nitrogen and oxygen atoms in total. The number of carbonyl (C=O) groups is 2. The molecule has 1 atom stereocenters. The number of ether oxygens (including phenoxy) is 5. The summed E-state index contributed by atoms with van der Waals surface area (Å²) >= 11 is 0. The Hall–Kier alpha value is -4.17. The molecule has 0 N–H and O–H groups in total. The van der Waals surface area contributed by atoms with Crippen LogP contribution in [-0.4, -0.2) is 70.7 Å². The van der Waals surface area contributed by atoms with Crippen molar-refractivity contribution in [3.05, 3.63) is 41.9 Å². The third-order valence-electron chi connectivity index (χ3n) is 6.82. The number of aromatic nitrogens is 2. The van der Waals surface area contributed by atoms with E-state index in [2.05, 4.69) is 21.8 Å². The van der Waals surface area contributed by atoms with E-state index >= 15 is 0 Å². The molecule has 1 fully saturated rings. The van der Waals surface area contributed by atoms with E-state index in [0.29, 0.717) is 37.0 Å². The van der Waals surface area contributed by atoms with E-state index in [-0.39, 0.29) is 12.6 Å². The van der Waals surface area contributed by atoms with Crippen molar-refractivity contribution in [2.24, 2.45) is 10.4 Å². The molecule has 216 valence electrons. The highest BCUT2D eigenvalue weighted by Crippen LogP contribution is 2.56. The molecule has 1 saturated heterocycles. The molecule has 1 aromatic carbocycles. The second-order valence-electron chi connectivity index (χ2n) is 12.3. The lowest BCUT2D eigenvalue weighted by Gasteiger charge is -2.53.